The first-order valence-corrected chi connectivity index (χ1v) is 12.8. The second-order valence-corrected chi connectivity index (χ2v) is 10.0. The highest BCUT2D eigenvalue weighted by Crippen LogP contribution is 2.29. The summed E-state index contributed by atoms with van der Waals surface area (Å²) in [6.45, 7) is 2.64. The van der Waals surface area contributed by atoms with Crippen LogP contribution in [-0.4, -0.2) is 41.4 Å². The maximum atomic E-state index is 12.7. The number of hydrogen-bond acceptors (Lipinski definition) is 4. The molecule has 0 bridgehead atoms. The van der Waals surface area contributed by atoms with Gasteiger partial charge in [-0.05, 0) is 55.4 Å². The molecule has 0 aromatic heterocycles. The smallest absolute Gasteiger partial charge is 0.368 e. The van der Waals surface area contributed by atoms with Gasteiger partial charge in [0.25, 0.3) is 0 Å². The largest absolute Gasteiger partial charge is 0.416 e. The molecular weight excluding hydrogens is 481 g/mol. The van der Waals surface area contributed by atoms with E-state index in [1.165, 1.54) is 17.7 Å². The first-order chi connectivity index (χ1) is 17.5. The molecule has 37 heavy (non-hydrogen) atoms. The summed E-state index contributed by atoms with van der Waals surface area (Å²) in [7, 11) is 0. The van der Waals surface area contributed by atoms with Gasteiger partial charge in [-0.1, -0.05) is 55.8 Å². The maximum absolute atomic E-state index is 12.7. The van der Waals surface area contributed by atoms with Gasteiger partial charge >= 0.3 is 6.18 Å². The molecule has 2 aromatic rings. The van der Waals surface area contributed by atoms with Crippen molar-refractivity contribution in [1.82, 2.24) is 10.2 Å². The molecule has 9 heteroatoms. The molecule has 1 aliphatic rings. The predicted octanol–water partition coefficient (Wildman–Crippen LogP) is 4.02. The molecule has 1 unspecified atom stereocenters. The van der Waals surface area contributed by atoms with E-state index in [0.717, 1.165) is 37.8 Å². The summed E-state index contributed by atoms with van der Waals surface area (Å²) in [6, 6.07) is 14.6. The van der Waals surface area contributed by atoms with Gasteiger partial charge in [-0.25, -0.2) is 0 Å². The number of aryl methyl sites for hydroxylation is 1. The van der Waals surface area contributed by atoms with Crippen molar-refractivity contribution in [1.29, 1.82) is 0 Å². The van der Waals surface area contributed by atoms with Crippen molar-refractivity contribution in [3.05, 3.63) is 71.3 Å². The third-order valence-corrected chi connectivity index (χ3v) is 7.15. The fourth-order valence-electron chi connectivity index (χ4n) is 5.00. The SMILES string of the molecule is C[C@@H](CCCC(CCc1ccccc1)N1C[C@H](N)C[C@H]1C(N)=O)C(=O)NCc1ccc(C(F)(F)F)cc1. The van der Waals surface area contributed by atoms with Crippen LogP contribution >= 0.6 is 0 Å². The fraction of sp³-hybridized carbons (Fsp3) is 0.500. The monoisotopic (exact) mass is 518 g/mol. The van der Waals surface area contributed by atoms with Gasteiger partial charge in [0, 0.05) is 31.1 Å². The molecule has 0 aliphatic carbocycles. The Hall–Kier alpha value is -2.91. The van der Waals surface area contributed by atoms with Gasteiger partial charge in [0.05, 0.1) is 11.6 Å². The molecule has 202 valence electrons. The summed E-state index contributed by atoms with van der Waals surface area (Å²) < 4.78 is 38.2. The zero-order valence-electron chi connectivity index (χ0n) is 21.2. The minimum atomic E-state index is -4.38. The zero-order chi connectivity index (χ0) is 27.0. The number of carbonyl (C=O) groups excluding carboxylic acids is 2. The molecule has 2 aromatic carbocycles. The third-order valence-electron chi connectivity index (χ3n) is 7.15. The van der Waals surface area contributed by atoms with Gasteiger partial charge < -0.3 is 16.8 Å². The topological polar surface area (TPSA) is 101 Å². The molecule has 1 fully saturated rings. The lowest BCUT2D eigenvalue weighted by Crippen LogP contribution is -2.46. The third kappa shape index (κ3) is 8.57. The van der Waals surface area contributed by atoms with E-state index < -0.39 is 11.7 Å². The molecule has 2 amide bonds. The molecule has 0 saturated carbocycles. The van der Waals surface area contributed by atoms with E-state index in [1.807, 2.05) is 25.1 Å². The van der Waals surface area contributed by atoms with Gasteiger partial charge in [-0.15, -0.1) is 0 Å². The van der Waals surface area contributed by atoms with Crippen LogP contribution in [0, 0.1) is 5.92 Å². The highest BCUT2D eigenvalue weighted by molar-refractivity contribution is 5.80. The van der Waals surface area contributed by atoms with Crippen molar-refractivity contribution < 1.29 is 22.8 Å². The molecule has 1 saturated heterocycles. The van der Waals surface area contributed by atoms with Crippen LogP contribution in [0.15, 0.2) is 54.6 Å². The molecule has 1 aliphatic heterocycles. The van der Waals surface area contributed by atoms with Crippen molar-refractivity contribution in [2.45, 2.75) is 76.3 Å². The van der Waals surface area contributed by atoms with E-state index in [2.05, 4.69) is 22.3 Å². The molecule has 6 nitrogen and oxygen atoms in total. The summed E-state index contributed by atoms with van der Waals surface area (Å²) >= 11 is 0. The lowest BCUT2D eigenvalue weighted by molar-refractivity contribution is -0.137. The van der Waals surface area contributed by atoms with Crippen LogP contribution in [0.25, 0.3) is 0 Å². The summed E-state index contributed by atoms with van der Waals surface area (Å²) in [5, 5.41) is 2.82. The molecular formula is C28H37F3N4O2. The van der Waals surface area contributed by atoms with Crippen molar-refractivity contribution in [3.8, 4) is 0 Å². The van der Waals surface area contributed by atoms with E-state index in [-0.39, 0.29) is 42.4 Å². The van der Waals surface area contributed by atoms with E-state index in [0.29, 0.717) is 24.9 Å². The number of benzene rings is 2. The Balaban J connectivity index is 1.52. The van der Waals surface area contributed by atoms with Gasteiger partial charge in [-0.2, -0.15) is 13.2 Å². The van der Waals surface area contributed by atoms with Crippen molar-refractivity contribution in [2.24, 2.45) is 17.4 Å². The van der Waals surface area contributed by atoms with E-state index in [9.17, 15) is 22.8 Å². The number of nitrogens with one attached hydrogen (secondary N) is 1. The van der Waals surface area contributed by atoms with Gasteiger partial charge in [0.2, 0.25) is 11.8 Å². The molecule has 3 rings (SSSR count). The minimum Gasteiger partial charge on any atom is -0.368 e. The zero-order valence-corrected chi connectivity index (χ0v) is 21.2. The Kier molecular flexibility index (Phi) is 10.1. The maximum Gasteiger partial charge on any atom is 0.416 e. The highest BCUT2D eigenvalue weighted by atomic mass is 19.4. The number of alkyl halides is 3. The van der Waals surface area contributed by atoms with Gasteiger partial charge in [-0.3, -0.25) is 14.5 Å². The molecule has 1 heterocycles. The molecule has 4 atom stereocenters. The number of hydrogen-bond donors (Lipinski definition) is 3. The van der Waals surface area contributed by atoms with Crippen molar-refractivity contribution in [2.75, 3.05) is 6.54 Å². The molecule has 0 radical (unpaired) electrons. The summed E-state index contributed by atoms with van der Waals surface area (Å²) in [5.41, 5.74) is 13.0. The molecule has 0 spiro atoms. The van der Waals surface area contributed by atoms with Crippen LogP contribution in [0.2, 0.25) is 0 Å². The normalized spacial score (nSPS) is 19.9. The van der Waals surface area contributed by atoms with E-state index in [4.69, 9.17) is 11.5 Å². The summed E-state index contributed by atoms with van der Waals surface area (Å²) in [5.74, 6) is -0.746. The first kappa shape index (κ1) is 28.7. The number of carbonyl (C=O) groups is 2. The number of likely N-dealkylation sites (tertiary alicyclic amines) is 1. The number of nitrogens with two attached hydrogens (primary N) is 2. The number of amides is 2. The molecule has 5 N–H and O–H groups in total. The lowest BCUT2D eigenvalue weighted by Gasteiger charge is -2.32. The average molecular weight is 519 g/mol. The van der Waals surface area contributed by atoms with Crippen LogP contribution < -0.4 is 16.8 Å². The van der Waals surface area contributed by atoms with E-state index in [1.54, 1.807) is 0 Å². The average Bonchev–Trinajstić information content (AvgIpc) is 3.26. The number of nitrogens with zero attached hydrogens (tertiary/aromatic N) is 1. The minimum absolute atomic E-state index is 0.0911. The Labute approximate surface area is 216 Å². The Morgan fingerprint density at radius 3 is 2.32 bits per heavy atom. The van der Waals surface area contributed by atoms with Gasteiger partial charge in [0.1, 0.15) is 0 Å². The standard InChI is InChI=1S/C28H37F3N4O2/c1-19(27(37)34-17-21-10-13-22(14-11-21)28(29,30)31)6-5-9-24(15-12-20-7-3-2-4-8-20)35-18-23(32)16-25(35)26(33)36/h2-4,7-8,10-11,13-14,19,23-25H,5-6,9,12,15-18,32H2,1H3,(H2,33,36)(H,34,37)/t19-,23+,24?,25-/m0/s1. The highest BCUT2D eigenvalue weighted by Gasteiger charge is 2.37. The van der Waals surface area contributed by atoms with Gasteiger partial charge in [0.15, 0.2) is 0 Å². The van der Waals surface area contributed by atoms with Crippen LogP contribution in [0.3, 0.4) is 0 Å². The van der Waals surface area contributed by atoms with Crippen molar-refractivity contribution >= 4 is 11.8 Å². The number of rotatable bonds is 12. The number of primary amides is 1. The van der Waals surface area contributed by atoms with Crippen molar-refractivity contribution in [3.63, 3.8) is 0 Å². The van der Waals surface area contributed by atoms with E-state index >= 15 is 0 Å². The van der Waals surface area contributed by atoms with Crippen LogP contribution in [-0.2, 0) is 28.7 Å². The van der Waals surface area contributed by atoms with Crippen LogP contribution in [0.4, 0.5) is 13.2 Å². The fourth-order valence-corrected chi connectivity index (χ4v) is 5.00. The Bertz CT molecular complexity index is 1010. The Morgan fingerprint density at radius 1 is 1.03 bits per heavy atom. The second kappa shape index (κ2) is 13.1. The van der Waals surface area contributed by atoms with Crippen LogP contribution in [0.1, 0.15) is 55.7 Å². The Morgan fingerprint density at radius 2 is 1.70 bits per heavy atom. The summed E-state index contributed by atoms with van der Waals surface area (Å²) in [4.78, 5) is 26.8. The lowest BCUT2D eigenvalue weighted by atomic mass is 9.95. The summed E-state index contributed by atoms with van der Waals surface area (Å²) in [6.07, 6.45) is 0.140. The predicted molar refractivity (Wildman–Crippen MR) is 137 cm³/mol. The van der Waals surface area contributed by atoms with Crippen LogP contribution in [0.5, 0.6) is 0 Å². The first-order valence-electron chi connectivity index (χ1n) is 12.8. The number of halogens is 3. The second-order valence-electron chi connectivity index (χ2n) is 10.0. The quantitative estimate of drug-likeness (QED) is 0.395.